The largest absolute Gasteiger partial charge is 0.146 e. The van der Waals surface area contributed by atoms with Crippen LogP contribution in [0.3, 0.4) is 0 Å². The Kier molecular flexibility index (Phi) is 5.44. The van der Waals surface area contributed by atoms with E-state index in [1.165, 1.54) is 11.1 Å². The van der Waals surface area contributed by atoms with Crippen molar-refractivity contribution in [1.29, 1.82) is 0 Å². The highest BCUT2D eigenvalue weighted by Crippen LogP contribution is 2.40. The van der Waals surface area contributed by atoms with E-state index in [0.717, 1.165) is 0 Å². The number of aryl methyl sites for hydroxylation is 1. The highest BCUT2D eigenvalue weighted by atomic mass is 28.3. The molecule has 0 unspecified atom stereocenters. The lowest BCUT2D eigenvalue weighted by atomic mass is 10.1. The first-order valence-corrected chi connectivity index (χ1v) is 9.63. The van der Waals surface area contributed by atoms with Gasteiger partial charge in [0, 0.05) is 5.56 Å². The van der Waals surface area contributed by atoms with Gasteiger partial charge in [0.15, 0.2) is 0 Å². The normalized spacial score (nSPS) is 11.9. The first-order chi connectivity index (χ1) is 8.80. The van der Waals surface area contributed by atoms with Crippen LogP contribution in [-0.2, 0) is 0 Å². The Hall–Kier alpha value is -1.00. The third-order valence-electron chi connectivity index (χ3n) is 4.31. The molecule has 0 N–H and O–H groups in total. The lowest BCUT2D eigenvalue weighted by molar-refractivity contribution is 0.838. The van der Waals surface area contributed by atoms with Gasteiger partial charge in [-0.05, 0) is 41.2 Å². The van der Waals surface area contributed by atoms with Crippen LogP contribution in [0.4, 0.5) is 0 Å². The van der Waals surface area contributed by atoms with E-state index >= 15 is 0 Å². The van der Waals surface area contributed by atoms with Crippen LogP contribution in [0.5, 0.6) is 0 Å². The Labute approximate surface area is 120 Å². The molecule has 0 nitrogen and oxygen atoms in total. The van der Waals surface area contributed by atoms with Gasteiger partial charge in [-0.1, -0.05) is 59.6 Å². The fraction of sp³-hybridized carbons (Fsp3) is 0.556. The van der Waals surface area contributed by atoms with Crippen LogP contribution in [0, 0.1) is 18.4 Å². The van der Waals surface area contributed by atoms with E-state index in [1.54, 1.807) is 0 Å². The molecule has 1 aromatic rings. The standard InChI is InChI=1S/C18H28Si/c1-14(2)19(15(3)4,16(5)6)12-11-18-10-8-9-17(7)13-18/h8-10,13-16H,1-7H3. The van der Waals surface area contributed by atoms with E-state index < -0.39 is 8.07 Å². The molecule has 0 aliphatic carbocycles. The summed E-state index contributed by atoms with van der Waals surface area (Å²) < 4.78 is 0. The van der Waals surface area contributed by atoms with E-state index in [0.29, 0.717) is 16.6 Å². The summed E-state index contributed by atoms with van der Waals surface area (Å²) in [7, 11) is -1.59. The molecule has 1 rings (SSSR count). The molecule has 0 radical (unpaired) electrons. The van der Waals surface area contributed by atoms with Crippen LogP contribution < -0.4 is 0 Å². The Morgan fingerprint density at radius 3 is 1.84 bits per heavy atom. The van der Waals surface area contributed by atoms with Crippen molar-refractivity contribution < 1.29 is 0 Å². The molecule has 0 aromatic heterocycles. The van der Waals surface area contributed by atoms with Crippen molar-refractivity contribution in [1.82, 2.24) is 0 Å². The number of benzene rings is 1. The van der Waals surface area contributed by atoms with Crippen molar-refractivity contribution in [3.63, 3.8) is 0 Å². The molecular weight excluding hydrogens is 244 g/mol. The molecule has 0 heterocycles. The summed E-state index contributed by atoms with van der Waals surface area (Å²) in [5, 5.41) is 0. The van der Waals surface area contributed by atoms with Crippen molar-refractivity contribution in [2.75, 3.05) is 0 Å². The van der Waals surface area contributed by atoms with Crippen LogP contribution in [0.2, 0.25) is 16.6 Å². The molecule has 1 heteroatoms. The topological polar surface area (TPSA) is 0 Å². The molecule has 0 spiro atoms. The van der Waals surface area contributed by atoms with Gasteiger partial charge in [0.1, 0.15) is 8.07 Å². The fourth-order valence-electron chi connectivity index (χ4n) is 3.34. The molecule has 0 aliphatic rings. The molecule has 0 aliphatic heterocycles. The predicted octanol–water partition coefficient (Wildman–Crippen LogP) is 5.56. The zero-order chi connectivity index (χ0) is 14.6. The van der Waals surface area contributed by atoms with Crippen LogP contribution in [0.25, 0.3) is 0 Å². The van der Waals surface area contributed by atoms with E-state index in [-0.39, 0.29) is 0 Å². The number of rotatable bonds is 3. The first-order valence-electron chi connectivity index (χ1n) is 7.40. The Morgan fingerprint density at radius 2 is 1.42 bits per heavy atom. The van der Waals surface area contributed by atoms with Crippen LogP contribution in [0.15, 0.2) is 24.3 Å². The van der Waals surface area contributed by atoms with Crippen LogP contribution in [-0.4, -0.2) is 8.07 Å². The minimum atomic E-state index is -1.59. The van der Waals surface area contributed by atoms with E-state index in [2.05, 4.69) is 84.2 Å². The SMILES string of the molecule is Cc1cccc(C#C[Si](C(C)C)(C(C)C)C(C)C)c1. The molecule has 19 heavy (non-hydrogen) atoms. The summed E-state index contributed by atoms with van der Waals surface area (Å²) in [5.74, 6) is 3.48. The summed E-state index contributed by atoms with van der Waals surface area (Å²) in [4.78, 5) is 0. The smallest absolute Gasteiger partial charge is 0.125 e. The highest BCUT2D eigenvalue weighted by Gasteiger charge is 2.41. The molecular formula is C18H28Si. The van der Waals surface area contributed by atoms with E-state index in [4.69, 9.17) is 0 Å². The summed E-state index contributed by atoms with van der Waals surface area (Å²) in [6.07, 6.45) is 0. The molecule has 0 atom stereocenters. The Morgan fingerprint density at radius 1 is 0.895 bits per heavy atom. The lowest BCUT2D eigenvalue weighted by Crippen LogP contribution is -2.43. The molecule has 0 saturated heterocycles. The molecule has 0 amide bonds. The van der Waals surface area contributed by atoms with Gasteiger partial charge >= 0.3 is 0 Å². The quantitative estimate of drug-likeness (QED) is 0.499. The Balaban J connectivity index is 3.23. The predicted molar refractivity (Wildman–Crippen MR) is 89.1 cm³/mol. The third-order valence-corrected chi connectivity index (χ3v) is 10.6. The fourth-order valence-corrected chi connectivity index (χ4v) is 8.56. The maximum Gasteiger partial charge on any atom is 0.146 e. The second kappa shape index (κ2) is 6.44. The van der Waals surface area contributed by atoms with Gasteiger partial charge in [0.2, 0.25) is 0 Å². The zero-order valence-corrected chi connectivity index (χ0v) is 14.5. The maximum absolute atomic E-state index is 3.76. The van der Waals surface area contributed by atoms with Crippen molar-refractivity contribution >= 4 is 8.07 Å². The maximum atomic E-state index is 3.76. The second-order valence-corrected chi connectivity index (χ2v) is 12.1. The van der Waals surface area contributed by atoms with Gasteiger partial charge in [-0.2, -0.15) is 0 Å². The third kappa shape index (κ3) is 3.51. The van der Waals surface area contributed by atoms with Crippen molar-refractivity contribution in [3.05, 3.63) is 35.4 Å². The van der Waals surface area contributed by atoms with Crippen molar-refractivity contribution in [2.24, 2.45) is 0 Å². The molecule has 0 saturated carbocycles. The van der Waals surface area contributed by atoms with Gasteiger partial charge in [-0.15, -0.1) is 5.54 Å². The lowest BCUT2D eigenvalue weighted by Gasteiger charge is -2.38. The Bertz CT molecular complexity index is 450. The summed E-state index contributed by atoms with van der Waals surface area (Å²) in [6.45, 7) is 16.3. The number of hydrogen-bond acceptors (Lipinski definition) is 0. The number of hydrogen-bond donors (Lipinski definition) is 0. The van der Waals surface area contributed by atoms with Gasteiger partial charge < -0.3 is 0 Å². The van der Waals surface area contributed by atoms with Crippen LogP contribution >= 0.6 is 0 Å². The summed E-state index contributed by atoms with van der Waals surface area (Å²) in [6, 6.07) is 8.54. The van der Waals surface area contributed by atoms with Crippen molar-refractivity contribution in [3.8, 4) is 11.5 Å². The minimum absolute atomic E-state index is 0.699. The molecule has 0 fully saturated rings. The first kappa shape index (κ1) is 16.1. The average molecular weight is 273 g/mol. The van der Waals surface area contributed by atoms with Crippen LogP contribution in [0.1, 0.15) is 52.7 Å². The second-order valence-electron chi connectivity index (χ2n) is 6.52. The summed E-state index contributed by atoms with van der Waals surface area (Å²) in [5.41, 5.74) is 8.32. The van der Waals surface area contributed by atoms with Gasteiger partial charge in [0.25, 0.3) is 0 Å². The zero-order valence-electron chi connectivity index (χ0n) is 13.5. The summed E-state index contributed by atoms with van der Waals surface area (Å²) >= 11 is 0. The average Bonchev–Trinajstić information content (AvgIpc) is 2.28. The van der Waals surface area contributed by atoms with Gasteiger partial charge in [-0.3, -0.25) is 0 Å². The van der Waals surface area contributed by atoms with Gasteiger partial charge in [-0.25, -0.2) is 0 Å². The molecule has 0 bridgehead atoms. The minimum Gasteiger partial charge on any atom is -0.125 e. The monoisotopic (exact) mass is 272 g/mol. The van der Waals surface area contributed by atoms with Crippen molar-refractivity contribution in [2.45, 2.75) is 65.1 Å². The van der Waals surface area contributed by atoms with E-state index in [1.807, 2.05) is 0 Å². The van der Waals surface area contributed by atoms with Gasteiger partial charge in [0.05, 0.1) is 0 Å². The van der Waals surface area contributed by atoms with E-state index in [9.17, 15) is 0 Å². The molecule has 104 valence electrons. The molecule has 1 aromatic carbocycles. The highest BCUT2D eigenvalue weighted by molar-refractivity contribution is 6.90.